The molecule has 0 aliphatic carbocycles. The fraction of sp³-hybridized carbons (Fsp3) is 0.194. The van der Waals surface area contributed by atoms with Gasteiger partial charge in [0.25, 0.3) is 12.9 Å². The topological polar surface area (TPSA) is 91.3 Å². The Morgan fingerprint density at radius 3 is 2.10 bits per heavy atom. The fourth-order valence-electron chi connectivity index (χ4n) is 4.29. The molecule has 0 saturated heterocycles. The number of rotatable bonds is 13. The number of carbonyl (C=O) groups excluding carboxylic acids is 2. The number of hydrogen-bond donors (Lipinski definition) is 0. The van der Waals surface area contributed by atoms with Gasteiger partial charge in [-0.25, -0.2) is 4.98 Å². The lowest BCUT2D eigenvalue weighted by Crippen LogP contribution is -1.97. The molecule has 0 saturated carbocycles. The van der Waals surface area contributed by atoms with Crippen LogP contribution in [0.25, 0.3) is 43.0 Å². The Hall–Kier alpha value is -4.21. The summed E-state index contributed by atoms with van der Waals surface area (Å²) in [5.74, 6) is 0.625. The molecule has 7 nitrogen and oxygen atoms in total. The third-order valence-electron chi connectivity index (χ3n) is 6.26. The van der Waals surface area contributed by atoms with Gasteiger partial charge in [0.05, 0.1) is 22.8 Å². The number of hydrogen-bond acceptors (Lipinski definition) is 9. The molecule has 9 heteroatoms. The third-order valence-corrected chi connectivity index (χ3v) is 8.73. The fourth-order valence-corrected chi connectivity index (χ4v) is 6.43. The van der Waals surface area contributed by atoms with Crippen LogP contribution >= 0.6 is 22.7 Å². The summed E-state index contributed by atoms with van der Waals surface area (Å²) in [5.41, 5.74) is 3.05. The highest BCUT2D eigenvalue weighted by molar-refractivity contribution is 7.23. The molecular weight excluding hydrogens is 542 g/mol. The molecule has 0 aliphatic rings. The van der Waals surface area contributed by atoms with Crippen molar-refractivity contribution >= 4 is 35.6 Å². The highest BCUT2D eigenvalue weighted by Gasteiger charge is 2.13. The van der Waals surface area contributed by atoms with E-state index in [0.717, 1.165) is 16.9 Å². The van der Waals surface area contributed by atoms with Gasteiger partial charge >= 0.3 is 0 Å². The molecule has 202 valence electrons. The number of ether oxygens (including phenoxy) is 2. The van der Waals surface area contributed by atoms with Gasteiger partial charge in [-0.15, -0.1) is 22.7 Å². The van der Waals surface area contributed by atoms with Crippen LogP contribution in [0.4, 0.5) is 0 Å². The van der Waals surface area contributed by atoms with E-state index in [9.17, 15) is 9.59 Å². The number of pyridine rings is 3. The molecule has 0 spiro atoms. The molecule has 40 heavy (non-hydrogen) atoms. The van der Waals surface area contributed by atoms with Crippen LogP contribution in [-0.4, -0.2) is 27.9 Å². The monoisotopic (exact) mass is 569 g/mol. The van der Waals surface area contributed by atoms with Crippen molar-refractivity contribution in [3.8, 4) is 54.5 Å². The van der Waals surface area contributed by atoms with E-state index in [0.29, 0.717) is 47.2 Å². The van der Waals surface area contributed by atoms with E-state index in [-0.39, 0.29) is 0 Å². The summed E-state index contributed by atoms with van der Waals surface area (Å²) >= 11 is 3.62. The summed E-state index contributed by atoms with van der Waals surface area (Å²) in [6, 6.07) is 19.1. The van der Waals surface area contributed by atoms with Gasteiger partial charge in [-0.2, -0.15) is 0 Å². The van der Waals surface area contributed by atoms with Gasteiger partial charge in [-0.1, -0.05) is 26.2 Å². The van der Waals surface area contributed by atoms with E-state index >= 15 is 0 Å². The van der Waals surface area contributed by atoms with E-state index < -0.39 is 0 Å². The van der Waals surface area contributed by atoms with Gasteiger partial charge in [0, 0.05) is 50.1 Å². The first-order valence-corrected chi connectivity index (χ1v) is 14.6. The molecule has 0 radical (unpaired) electrons. The highest BCUT2D eigenvalue weighted by atomic mass is 32.1. The third kappa shape index (κ3) is 6.67. The molecule has 0 N–H and O–H groups in total. The van der Waals surface area contributed by atoms with E-state index in [1.807, 2.05) is 23.5 Å². The SMILES string of the molecule is CCCCCCc1ccc(-c2ccc(-c3ccnc(-c4cc(OC=O)cc(-c5cc(OC=O)ccn5)n4)c3)s2)s1. The first-order valence-electron chi connectivity index (χ1n) is 13.0. The van der Waals surface area contributed by atoms with Crippen molar-refractivity contribution < 1.29 is 19.1 Å². The zero-order chi connectivity index (χ0) is 27.7. The Balaban J connectivity index is 1.41. The van der Waals surface area contributed by atoms with Gasteiger partial charge in [-0.3, -0.25) is 19.6 Å². The van der Waals surface area contributed by atoms with Crippen molar-refractivity contribution in [2.24, 2.45) is 0 Å². The largest absolute Gasteiger partial charge is 0.429 e. The van der Waals surface area contributed by atoms with E-state index in [1.165, 1.54) is 46.5 Å². The lowest BCUT2D eigenvalue weighted by Gasteiger charge is -2.09. The van der Waals surface area contributed by atoms with Crippen LogP contribution in [0, 0.1) is 0 Å². The number of nitrogens with zero attached hydrogens (tertiary/aromatic N) is 3. The zero-order valence-corrected chi connectivity index (χ0v) is 23.5. The average Bonchev–Trinajstić information content (AvgIpc) is 3.66. The Kier molecular flexibility index (Phi) is 9.05. The van der Waals surface area contributed by atoms with Gasteiger partial charge in [-0.05, 0) is 60.9 Å². The Labute approximate surface area is 240 Å². The number of aryl methyl sites for hydroxylation is 1. The molecule has 5 aromatic rings. The second kappa shape index (κ2) is 13.2. The maximum Gasteiger partial charge on any atom is 0.298 e. The number of unbranched alkanes of at least 4 members (excludes halogenated alkanes) is 3. The van der Waals surface area contributed by atoms with E-state index in [2.05, 4.69) is 41.2 Å². The van der Waals surface area contributed by atoms with Crippen LogP contribution in [0.2, 0.25) is 0 Å². The van der Waals surface area contributed by atoms with Gasteiger partial charge in [0.15, 0.2) is 0 Å². The van der Waals surface area contributed by atoms with Gasteiger partial charge in [0.1, 0.15) is 11.5 Å². The minimum atomic E-state index is 0.298. The van der Waals surface area contributed by atoms with Crippen LogP contribution in [0.5, 0.6) is 11.5 Å². The minimum absolute atomic E-state index is 0.298. The lowest BCUT2D eigenvalue weighted by molar-refractivity contribution is -0.121. The number of aromatic nitrogens is 3. The van der Waals surface area contributed by atoms with Crippen molar-refractivity contribution in [2.45, 2.75) is 39.0 Å². The normalized spacial score (nSPS) is 10.8. The Morgan fingerprint density at radius 2 is 1.32 bits per heavy atom. The predicted octanol–water partition coefficient (Wildman–Crippen LogP) is 7.86. The van der Waals surface area contributed by atoms with E-state index in [1.54, 1.807) is 41.8 Å². The maximum atomic E-state index is 11.1. The molecule has 0 unspecified atom stereocenters. The average molecular weight is 570 g/mol. The number of carbonyl (C=O) groups is 2. The molecule has 0 bridgehead atoms. The quantitative estimate of drug-likeness (QED) is 0.105. The summed E-state index contributed by atoms with van der Waals surface area (Å²) in [6.07, 6.45) is 9.48. The molecule has 0 aliphatic heterocycles. The molecule has 0 atom stereocenters. The van der Waals surface area contributed by atoms with Crippen molar-refractivity contribution in [3.05, 3.63) is 77.9 Å². The standard InChI is InChI=1S/C31H27N3O4S2/c1-2-3-4-5-6-24-7-8-30(39-24)31-10-9-29(40-31)21-11-13-32-25(15-21)27-17-23(38-20-36)18-28(34-27)26-16-22(37-19-35)12-14-33-26/h7-20H,2-6H2,1H3. The van der Waals surface area contributed by atoms with Crippen molar-refractivity contribution in [1.82, 2.24) is 15.0 Å². The second-order valence-corrected chi connectivity index (χ2v) is 11.3. The van der Waals surface area contributed by atoms with Crippen LogP contribution in [0.15, 0.2) is 73.1 Å². The smallest absolute Gasteiger partial charge is 0.298 e. The summed E-state index contributed by atoms with van der Waals surface area (Å²) in [6.45, 7) is 2.95. The molecule has 5 aromatic heterocycles. The van der Waals surface area contributed by atoms with Gasteiger partial charge in [0.2, 0.25) is 0 Å². The lowest BCUT2D eigenvalue weighted by atomic mass is 10.1. The molecule has 0 aromatic carbocycles. The summed E-state index contributed by atoms with van der Waals surface area (Å²) < 4.78 is 10.1. The molecule has 0 fully saturated rings. The predicted molar refractivity (Wildman–Crippen MR) is 159 cm³/mol. The van der Waals surface area contributed by atoms with Crippen LogP contribution < -0.4 is 9.47 Å². The van der Waals surface area contributed by atoms with Crippen molar-refractivity contribution in [3.63, 3.8) is 0 Å². The van der Waals surface area contributed by atoms with Crippen molar-refractivity contribution in [2.75, 3.05) is 0 Å². The van der Waals surface area contributed by atoms with Crippen LogP contribution in [0.1, 0.15) is 37.5 Å². The maximum absolute atomic E-state index is 11.1. The Bertz CT molecular complexity index is 1610. The van der Waals surface area contributed by atoms with Crippen LogP contribution in [0.3, 0.4) is 0 Å². The Morgan fingerprint density at radius 1 is 0.675 bits per heavy atom. The first-order chi connectivity index (χ1) is 19.7. The second-order valence-electron chi connectivity index (χ2n) is 9.05. The minimum Gasteiger partial charge on any atom is -0.429 e. The summed E-state index contributed by atoms with van der Waals surface area (Å²) in [4.78, 5) is 40.6. The first kappa shape index (κ1) is 27.4. The van der Waals surface area contributed by atoms with Crippen LogP contribution in [-0.2, 0) is 16.0 Å². The highest BCUT2D eigenvalue weighted by Crippen LogP contribution is 2.39. The molecule has 5 rings (SSSR count). The molecule has 0 amide bonds. The molecule has 5 heterocycles. The van der Waals surface area contributed by atoms with E-state index in [4.69, 9.17) is 14.5 Å². The van der Waals surface area contributed by atoms with Gasteiger partial charge < -0.3 is 9.47 Å². The zero-order valence-electron chi connectivity index (χ0n) is 21.9. The van der Waals surface area contributed by atoms with Crippen molar-refractivity contribution in [1.29, 1.82) is 0 Å². The summed E-state index contributed by atoms with van der Waals surface area (Å²) in [5, 5.41) is 0. The summed E-state index contributed by atoms with van der Waals surface area (Å²) in [7, 11) is 0. The number of thiophene rings is 2. The molecular formula is C31H27N3O4S2.